The molecule has 0 bridgehead atoms. The highest BCUT2D eigenvalue weighted by atomic mass is 127. The van der Waals surface area contributed by atoms with E-state index in [1.54, 1.807) is 6.07 Å². The van der Waals surface area contributed by atoms with Gasteiger partial charge in [0, 0.05) is 5.56 Å². The Morgan fingerprint density at radius 2 is 2.09 bits per heavy atom. The summed E-state index contributed by atoms with van der Waals surface area (Å²) in [7, 11) is 0. The number of benzene rings is 1. The average Bonchev–Trinajstić information content (AvgIpc) is 2.04. The van der Waals surface area contributed by atoms with Crippen molar-refractivity contribution in [1.29, 1.82) is 0 Å². The van der Waals surface area contributed by atoms with E-state index in [0.29, 0.717) is 5.75 Å². The summed E-state index contributed by atoms with van der Waals surface area (Å²) in [4.78, 5) is 0. The van der Waals surface area contributed by atoms with Gasteiger partial charge < -0.3 is 5.11 Å². The van der Waals surface area contributed by atoms with E-state index in [9.17, 15) is 5.11 Å². The topological polar surface area (TPSA) is 20.2 Å². The standard InChI is InChI=1S/C9H9IO/c1-7(6-10)8-4-2-3-5-9(8)11/h2-6,11H,1H3/b7-6+. The summed E-state index contributed by atoms with van der Waals surface area (Å²) >= 11 is 2.16. The van der Waals surface area contributed by atoms with Gasteiger partial charge in [-0.1, -0.05) is 40.8 Å². The van der Waals surface area contributed by atoms with Gasteiger partial charge >= 0.3 is 0 Å². The Labute approximate surface area is 79.9 Å². The lowest BCUT2D eigenvalue weighted by Crippen LogP contribution is -1.77. The monoisotopic (exact) mass is 260 g/mol. The van der Waals surface area contributed by atoms with Gasteiger partial charge in [-0.05, 0) is 22.6 Å². The van der Waals surface area contributed by atoms with Crippen molar-refractivity contribution in [2.75, 3.05) is 0 Å². The van der Waals surface area contributed by atoms with Crippen LogP contribution in [0.3, 0.4) is 0 Å². The first-order valence-electron chi connectivity index (χ1n) is 3.31. The summed E-state index contributed by atoms with van der Waals surface area (Å²) in [5.41, 5.74) is 1.99. The van der Waals surface area contributed by atoms with Gasteiger partial charge in [0.25, 0.3) is 0 Å². The normalized spacial score (nSPS) is 11.6. The zero-order valence-corrected chi connectivity index (χ0v) is 8.37. The number of hydrogen-bond donors (Lipinski definition) is 1. The van der Waals surface area contributed by atoms with Crippen molar-refractivity contribution in [2.45, 2.75) is 6.92 Å². The lowest BCUT2D eigenvalue weighted by atomic mass is 10.1. The molecule has 0 radical (unpaired) electrons. The number of halogens is 1. The highest BCUT2D eigenvalue weighted by Gasteiger charge is 1.99. The molecule has 0 atom stereocenters. The Morgan fingerprint density at radius 3 is 2.64 bits per heavy atom. The van der Waals surface area contributed by atoms with Gasteiger partial charge in [-0.25, -0.2) is 0 Å². The first-order chi connectivity index (χ1) is 5.25. The quantitative estimate of drug-likeness (QED) is 0.769. The molecular formula is C9H9IO. The average molecular weight is 260 g/mol. The van der Waals surface area contributed by atoms with E-state index in [-0.39, 0.29) is 0 Å². The van der Waals surface area contributed by atoms with E-state index >= 15 is 0 Å². The first-order valence-corrected chi connectivity index (χ1v) is 4.55. The third kappa shape index (κ3) is 1.96. The molecule has 58 valence electrons. The van der Waals surface area contributed by atoms with Crippen LogP contribution in [0.1, 0.15) is 12.5 Å². The fourth-order valence-corrected chi connectivity index (χ4v) is 1.20. The Hall–Kier alpha value is -0.510. The van der Waals surface area contributed by atoms with Crippen LogP contribution in [0.15, 0.2) is 28.3 Å². The van der Waals surface area contributed by atoms with Gasteiger partial charge in [0.15, 0.2) is 0 Å². The molecule has 0 fully saturated rings. The molecule has 0 saturated heterocycles. The number of phenolic OH excluding ortho intramolecular Hbond substituents is 1. The molecule has 0 unspecified atom stereocenters. The second kappa shape index (κ2) is 3.76. The van der Waals surface area contributed by atoms with E-state index in [1.807, 2.05) is 29.2 Å². The summed E-state index contributed by atoms with van der Waals surface area (Å²) in [6, 6.07) is 7.33. The maximum Gasteiger partial charge on any atom is 0.123 e. The number of phenols is 1. The molecule has 0 saturated carbocycles. The van der Waals surface area contributed by atoms with Crippen LogP contribution < -0.4 is 0 Å². The van der Waals surface area contributed by atoms with Gasteiger partial charge in [-0.3, -0.25) is 0 Å². The Bertz CT molecular complexity index is 279. The van der Waals surface area contributed by atoms with Crippen molar-refractivity contribution in [1.82, 2.24) is 0 Å². The van der Waals surface area contributed by atoms with E-state index < -0.39 is 0 Å². The van der Waals surface area contributed by atoms with Crippen molar-refractivity contribution in [3.63, 3.8) is 0 Å². The summed E-state index contributed by atoms with van der Waals surface area (Å²) in [6.45, 7) is 1.97. The number of rotatable bonds is 1. The van der Waals surface area contributed by atoms with Crippen molar-refractivity contribution in [3.05, 3.63) is 33.9 Å². The van der Waals surface area contributed by atoms with Gasteiger partial charge in [-0.2, -0.15) is 0 Å². The van der Waals surface area contributed by atoms with Crippen LogP contribution in [-0.2, 0) is 0 Å². The summed E-state index contributed by atoms with van der Waals surface area (Å²) in [5.74, 6) is 0.345. The van der Waals surface area contributed by atoms with E-state index in [0.717, 1.165) is 11.1 Å². The summed E-state index contributed by atoms with van der Waals surface area (Å²) in [5, 5.41) is 9.37. The minimum Gasteiger partial charge on any atom is -0.507 e. The maximum absolute atomic E-state index is 9.37. The predicted molar refractivity (Wildman–Crippen MR) is 55.8 cm³/mol. The number of aromatic hydroxyl groups is 1. The fourth-order valence-electron chi connectivity index (χ4n) is 0.866. The maximum atomic E-state index is 9.37. The van der Waals surface area contributed by atoms with E-state index in [4.69, 9.17) is 0 Å². The van der Waals surface area contributed by atoms with Crippen LogP contribution in [-0.4, -0.2) is 5.11 Å². The van der Waals surface area contributed by atoms with Crippen molar-refractivity contribution in [3.8, 4) is 5.75 Å². The molecule has 0 spiro atoms. The smallest absolute Gasteiger partial charge is 0.123 e. The Morgan fingerprint density at radius 1 is 1.45 bits per heavy atom. The molecule has 1 nitrogen and oxygen atoms in total. The molecule has 1 aromatic rings. The summed E-state index contributed by atoms with van der Waals surface area (Å²) in [6.07, 6.45) is 0. The SMILES string of the molecule is C/C(=C\I)c1ccccc1O. The number of hydrogen-bond acceptors (Lipinski definition) is 1. The zero-order chi connectivity index (χ0) is 8.27. The van der Waals surface area contributed by atoms with Crippen molar-refractivity contribution >= 4 is 28.2 Å². The zero-order valence-electron chi connectivity index (χ0n) is 6.21. The second-order valence-electron chi connectivity index (χ2n) is 2.31. The largest absolute Gasteiger partial charge is 0.507 e. The van der Waals surface area contributed by atoms with Crippen LogP contribution in [0.2, 0.25) is 0 Å². The molecular weight excluding hydrogens is 251 g/mol. The lowest BCUT2D eigenvalue weighted by Gasteiger charge is -2.01. The van der Waals surface area contributed by atoms with E-state index in [1.165, 1.54) is 0 Å². The van der Waals surface area contributed by atoms with Crippen LogP contribution in [0.5, 0.6) is 5.75 Å². The minimum atomic E-state index is 0.345. The highest BCUT2D eigenvalue weighted by molar-refractivity contribution is 14.1. The van der Waals surface area contributed by atoms with Crippen molar-refractivity contribution < 1.29 is 5.11 Å². The van der Waals surface area contributed by atoms with Crippen molar-refractivity contribution in [2.24, 2.45) is 0 Å². The molecule has 11 heavy (non-hydrogen) atoms. The molecule has 0 aromatic heterocycles. The molecule has 0 aliphatic carbocycles. The van der Waals surface area contributed by atoms with Gasteiger partial charge in [-0.15, -0.1) is 0 Å². The molecule has 0 heterocycles. The number of allylic oxidation sites excluding steroid dienone is 1. The summed E-state index contributed by atoms with van der Waals surface area (Å²) < 4.78 is 1.95. The van der Waals surface area contributed by atoms with Crippen LogP contribution in [0.4, 0.5) is 0 Å². The third-order valence-electron chi connectivity index (χ3n) is 1.49. The molecule has 2 heteroatoms. The molecule has 1 N–H and O–H groups in total. The fraction of sp³-hybridized carbons (Fsp3) is 0.111. The predicted octanol–water partition coefficient (Wildman–Crippen LogP) is 3.19. The van der Waals surface area contributed by atoms with Crippen LogP contribution >= 0.6 is 22.6 Å². The Balaban J connectivity index is 3.14. The van der Waals surface area contributed by atoms with Gasteiger partial charge in [0.2, 0.25) is 0 Å². The molecule has 1 rings (SSSR count). The first kappa shape index (κ1) is 8.59. The lowest BCUT2D eigenvalue weighted by molar-refractivity contribution is 0.473. The minimum absolute atomic E-state index is 0.345. The van der Waals surface area contributed by atoms with Gasteiger partial charge in [0.05, 0.1) is 0 Å². The van der Waals surface area contributed by atoms with E-state index in [2.05, 4.69) is 22.6 Å². The highest BCUT2D eigenvalue weighted by Crippen LogP contribution is 2.24. The molecule has 1 aromatic carbocycles. The third-order valence-corrected chi connectivity index (χ3v) is 2.43. The van der Waals surface area contributed by atoms with Crippen LogP contribution in [0, 0.1) is 0 Å². The van der Waals surface area contributed by atoms with Gasteiger partial charge in [0.1, 0.15) is 5.75 Å². The Kier molecular flexibility index (Phi) is 2.93. The molecule has 0 aliphatic rings. The molecule has 0 aliphatic heterocycles. The second-order valence-corrected chi connectivity index (χ2v) is 2.93. The molecule has 0 amide bonds. The van der Waals surface area contributed by atoms with Crippen LogP contribution in [0.25, 0.3) is 5.57 Å². The number of para-hydroxylation sites is 1.